The average molecular weight is 292 g/mol. The van der Waals surface area contributed by atoms with Crippen molar-refractivity contribution < 1.29 is 14.6 Å². The van der Waals surface area contributed by atoms with E-state index in [9.17, 15) is 4.79 Å². The Morgan fingerprint density at radius 2 is 2.33 bits per heavy atom. The van der Waals surface area contributed by atoms with Gasteiger partial charge in [-0.3, -0.25) is 4.79 Å². The van der Waals surface area contributed by atoms with Crippen molar-refractivity contribution in [3.8, 4) is 5.75 Å². The van der Waals surface area contributed by atoms with E-state index in [1.807, 2.05) is 38.1 Å². The van der Waals surface area contributed by atoms with Gasteiger partial charge in [0.2, 0.25) is 5.91 Å². The molecular weight excluding hydrogens is 268 g/mol. The molecule has 2 atom stereocenters. The molecule has 0 saturated heterocycles. The van der Waals surface area contributed by atoms with E-state index in [1.165, 1.54) is 0 Å². The lowest BCUT2D eigenvalue weighted by Gasteiger charge is -2.29. The summed E-state index contributed by atoms with van der Waals surface area (Å²) in [6, 6.07) is 7.56. The molecule has 1 aliphatic rings. The van der Waals surface area contributed by atoms with Gasteiger partial charge in [0, 0.05) is 12.5 Å². The standard InChI is InChI=1S/C16H24N2O3/c1-11(2)18-16(15(17)20)7-6-14(9-16)21-13-5-3-4-12(8-13)10-19/h3-5,8,11,14,18-19H,6-7,9-10H2,1-2H3,(H2,17,20). The van der Waals surface area contributed by atoms with E-state index >= 15 is 0 Å². The maximum atomic E-state index is 11.8. The van der Waals surface area contributed by atoms with Crippen molar-refractivity contribution in [2.75, 3.05) is 0 Å². The first-order chi connectivity index (χ1) is 9.95. The highest BCUT2D eigenvalue weighted by Gasteiger charge is 2.45. The SMILES string of the molecule is CC(C)NC1(C(N)=O)CCC(Oc2cccc(CO)c2)C1. The van der Waals surface area contributed by atoms with Gasteiger partial charge >= 0.3 is 0 Å². The molecule has 1 aliphatic carbocycles. The second-order valence-electron chi connectivity index (χ2n) is 6.03. The molecule has 2 unspecified atom stereocenters. The minimum atomic E-state index is -0.673. The van der Waals surface area contributed by atoms with Gasteiger partial charge < -0.3 is 20.9 Å². The molecule has 0 spiro atoms. The van der Waals surface area contributed by atoms with Crippen molar-refractivity contribution in [1.29, 1.82) is 0 Å². The summed E-state index contributed by atoms with van der Waals surface area (Å²) in [6.45, 7) is 4.00. The second kappa shape index (κ2) is 6.45. The van der Waals surface area contributed by atoms with Crippen LogP contribution in [0.1, 0.15) is 38.7 Å². The molecule has 4 N–H and O–H groups in total. The van der Waals surface area contributed by atoms with Crippen LogP contribution in [0, 0.1) is 0 Å². The molecule has 1 amide bonds. The van der Waals surface area contributed by atoms with Crippen molar-refractivity contribution in [2.24, 2.45) is 5.73 Å². The number of carbonyl (C=O) groups is 1. The number of aliphatic hydroxyl groups is 1. The number of nitrogens with one attached hydrogen (secondary N) is 1. The number of rotatable bonds is 6. The van der Waals surface area contributed by atoms with Crippen LogP contribution in [0.4, 0.5) is 0 Å². The predicted molar refractivity (Wildman–Crippen MR) is 80.8 cm³/mol. The smallest absolute Gasteiger partial charge is 0.237 e. The van der Waals surface area contributed by atoms with E-state index in [4.69, 9.17) is 15.6 Å². The molecular formula is C16H24N2O3. The van der Waals surface area contributed by atoms with Crippen LogP contribution in [0.15, 0.2) is 24.3 Å². The Hall–Kier alpha value is -1.59. The van der Waals surface area contributed by atoms with Crippen LogP contribution >= 0.6 is 0 Å². The van der Waals surface area contributed by atoms with Gasteiger partial charge in [-0.25, -0.2) is 0 Å². The van der Waals surface area contributed by atoms with Gasteiger partial charge in [0.1, 0.15) is 17.4 Å². The lowest BCUT2D eigenvalue weighted by atomic mass is 9.95. The summed E-state index contributed by atoms with van der Waals surface area (Å²) in [5.41, 5.74) is 5.73. The number of nitrogens with two attached hydrogens (primary N) is 1. The van der Waals surface area contributed by atoms with Gasteiger partial charge in [-0.05, 0) is 44.4 Å². The number of hydrogen-bond acceptors (Lipinski definition) is 4. The van der Waals surface area contributed by atoms with Crippen LogP contribution in [-0.2, 0) is 11.4 Å². The average Bonchev–Trinajstić information content (AvgIpc) is 2.82. The van der Waals surface area contributed by atoms with Crippen molar-refractivity contribution in [1.82, 2.24) is 5.32 Å². The first kappa shape index (κ1) is 15.8. The summed E-state index contributed by atoms with van der Waals surface area (Å²) < 4.78 is 5.95. The third kappa shape index (κ3) is 3.74. The third-order valence-corrected chi connectivity index (χ3v) is 3.89. The first-order valence-electron chi connectivity index (χ1n) is 7.39. The van der Waals surface area contributed by atoms with Crippen LogP contribution in [0.25, 0.3) is 0 Å². The summed E-state index contributed by atoms with van der Waals surface area (Å²) in [5, 5.41) is 12.4. The quantitative estimate of drug-likeness (QED) is 0.738. The molecule has 0 bridgehead atoms. The Balaban J connectivity index is 2.05. The summed E-state index contributed by atoms with van der Waals surface area (Å²) in [5.74, 6) is 0.405. The monoisotopic (exact) mass is 292 g/mol. The zero-order valence-electron chi connectivity index (χ0n) is 12.6. The van der Waals surface area contributed by atoms with Gasteiger partial charge in [0.15, 0.2) is 0 Å². The highest BCUT2D eigenvalue weighted by atomic mass is 16.5. The zero-order chi connectivity index (χ0) is 15.5. The summed E-state index contributed by atoms with van der Waals surface area (Å²) in [7, 11) is 0. The van der Waals surface area contributed by atoms with Crippen LogP contribution in [-0.4, -0.2) is 28.7 Å². The molecule has 2 rings (SSSR count). The maximum absolute atomic E-state index is 11.8. The fourth-order valence-corrected chi connectivity index (χ4v) is 2.99. The Kier molecular flexibility index (Phi) is 4.85. The Morgan fingerprint density at radius 3 is 2.95 bits per heavy atom. The number of ether oxygens (including phenoxy) is 1. The molecule has 0 aromatic heterocycles. The predicted octanol–water partition coefficient (Wildman–Crippen LogP) is 1.33. The van der Waals surface area contributed by atoms with Crippen molar-refractivity contribution >= 4 is 5.91 Å². The van der Waals surface area contributed by atoms with Crippen LogP contribution in [0.2, 0.25) is 0 Å². The normalized spacial score (nSPS) is 25.2. The highest BCUT2D eigenvalue weighted by molar-refractivity contribution is 5.85. The largest absolute Gasteiger partial charge is 0.490 e. The van der Waals surface area contributed by atoms with E-state index in [2.05, 4.69) is 5.32 Å². The molecule has 0 radical (unpaired) electrons. The number of primary amides is 1. The van der Waals surface area contributed by atoms with E-state index in [1.54, 1.807) is 0 Å². The van der Waals surface area contributed by atoms with Gasteiger partial charge in [-0.1, -0.05) is 12.1 Å². The van der Waals surface area contributed by atoms with Crippen molar-refractivity contribution in [2.45, 2.75) is 57.4 Å². The lowest BCUT2D eigenvalue weighted by molar-refractivity contribution is -0.124. The molecule has 116 valence electrons. The molecule has 5 heteroatoms. The van der Waals surface area contributed by atoms with Crippen molar-refractivity contribution in [3.63, 3.8) is 0 Å². The van der Waals surface area contributed by atoms with Crippen LogP contribution in [0.5, 0.6) is 5.75 Å². The summed E-state index contributed by atoms with van der Waals surface area (Å²) in [6.07, 6.45) is 2.00. The Bertz CT molecular complexity index is 504. The number of amides is 1. The van der Waals surface area contributed by atoms with Crippen molar-refractivity contribution in [3.05, 3.63) is 29.8 Å². The van der Waals surface area contributed by atoms with Gasteiger partial charge in [0.05, 0.1) is 6.61 Å². The number of carbonyl (C=O) groups excluding carboxylic acids is 1. The molecule has 1 aromatic carbocycles. The number of aliphatic hydroxyl groups excluding tert-OH is 1. The van der Waals surface area contributed by atoms with E-state index in [0.29, 0.717) is 12.8 Å². The lowest BCUT2D eigenvalue weighted by Crippen LogP contribution is -2.56. The number of hydrogen-bond donors (Lipinski definition) is 3. The fourth-order valence-electron chi connectivity index (χ4n) is 2.99. The molecule has 0 heterocycles. The maximum Gasteiger partial charge on any atom is 0.237 e. The number of benzene rings is 1. The van der Waals surface area contributed by atoms with Crippen LogP contribution in [0.3, 0.4) is 0 Å². The van der Waals surface area contributed by atoms with Gasteiger partial charge in [-0.15, -0.1) is 0 Å². The van der Waals surface area contributed by atoms with E-state index < -0.39 is 5.54 Å². The van der Waals surface area contributed by atoms with Gasteiger partial charge in [-0.2, -0.15) is 0 Å². The van der Waals surface area contributed by atoms with E-state index in [0.717, 1.165) is 17.7 Å². The zero-order valence-corrected chi connectivity index (χ0v) is 12.6. The topological polar surface area (TPSA) is 84.6 Å². The minimum absolute atomic E-state index is 0.0119. The molecule has 1 aromatic rings. The highest BCUT2D eigenvalue weighted by Crippen LogP contribution is 2.33. The molecule has 1 saturated carbocycles. The Labute approximate surface area is 125 Å². The Morgan fingerprint density at radius 1 is 1.57 bits per heavy atom. The molecule has 1 fully saturated rings. The fraction of sp³-hybridized carbons (Fsp3) is 0.562. The first-order valence-corrected chi connectivity index (χ1v) is 7.39. The van der Waals surface area contributed by atoms with E-state index in [-0.39, 0.29) is 24.7 Å². The molecule has 21 heavy (non-hydrogen) atoms. The van der Waals surface area contributed by atoms with Crippen LogP contribution < -0.4 is 15.8 Å². The summed E-state index contributed by atoms with van der Waals surface area (Å²) >= 11 is 0. The molecule has 0 aliphatic heterocycles. The minimum Gasteiger partial charge on any atom is -0.490 e. The summed E-state index contributed by atoms with van der Waals surface area (Å²) in [4.78, 5) is 11.8. The van der Waals surface area contributed by atoms with Gasteiger partial charge in [0.25, 0.3) is 0 Å². The second-order valence-corrected chi connectivity index (χ2v) is 6.03. The molecule has 5 nitrogen and oxygen atoms in total. The third-order valence-electron chi connectivity index (χ3n) is 3.89.